The largest absolute Gasteiger partial charge is 0.394 e. The topological polar surface area (TPSA) is 190 Å². The van der Waals surface area contributed by atoms with Crippen LogP contribution in [0.1, 0.15) is 0 Å². The first-order chi connectivity index (χ1) is 10.8. The van der Waals surface area contributed by atoms with Crippen LogP contribution in [-0.2, 0) is 14.2 Å². The highest BCUT2D eigenvalue weighted by Crippen LogP contribution is 2.28. The zero-order valence-electron chi connectivity index (χ0n) is 12.0. The normalized spacial score (nSPS) is 51.7. The van der Waals surface area contributed by atoms with Crippen LogP contribution in [0.2, 0.25) is 0 Å². The smallest absolute Gasteiger partial charge is 0.187 e. The molecule has 2 saturated heterocycles. The fourth-order valence-electron chi connectivity index (χ4n) is 2.57. The van der Waals surface area contributed by atoms with E-state index >= 15 is 0 Å². The van der Waals surface area contributed by atoms with Crippen LogP contribution in [0.3, 0.4) is 0 Å². The predicted molar refractivity (Wildman–Crippen MR) is 68.6 cm³/mol. The van der Waals surface area contributed by atoms with Crippen LogP contribution in [0.4, 0.5) is 0 Å². The van der Waals surface area contributed by atoms with Crippen molar-refractivity contribution in [1.82, 2.24) is 0 Å². The summed E-state index contributed by atoms with van der Waals surface area (Å²) in [5, 5.41) is 76.5. The fraction of sp³-hybridized carbons (Fsp3) is 1.00. The van der Waals surface area contributed by atoms with E-state index in [0.717, 1.165) is 0 Å². The van der Waals surface area contributed by atoms with Crippen LogP contribution in [-0.4, -0.2) is 115 Å². The lowest BCUT2D eigenvalue weighted by atomic mass is 9.97. The van der Waals surface area contributed by atoms with E-state index in [1.807, 2.05) is 0 Å². The molecule has 2 aliphatic heterocycles. The maximum Gasteiger partial charge on any atom is 0.187 e. The van der Waals surface area contributed by atoms with E-state index in [4.69, 9.17) is 19.3 Å². The first kappa shape index (κ1) is 18.9. The summed E-state index contributed by atoms with van der Waals surface area (Å²) in [6.45, 7) is -1.35. The standard InChI is InChI=1S/C12H22O11/c13-1-3-5(15)6(16)9(19)12(22-3)23-10-4(2-14)21-11(20)8(18)7(10)17/h3-20H,1-2H2/t3-,4-,5-,6-,7+,8+,9+,10+,11+,12-/m0/s1. The van der Waals surface area contributed by atoms with E-state index in [-0.39, 0.29) is 0 Å². The van der Waals surface area contributed by atoms with E-state index in [2.05, 4.69) is 0 Å². The lowest BCUT2D eigenvalue weighted by Gasteiger charge is -2.45. The SMILES string of the molecule is OC[C@@H]1O[C@@H](O[C@H]2[C@H](O)[C@@H](O)[C@H](O)O[C@H]2CO)[C@H](O)[C@@H](O)[C@H]1O. The van der Waals surface area contributed by atoms with Gasteiger partial charge in [-0.2, -0.15) is 0 Å². The fourth-order valence-corrected chi connectivity index (χ4v) is 2.57. The van der Waals surface area contributed by atoms with Crippen LogP contribution < -0.4 is 0 Å². The number of hydrogen-bond acceptors (Lipinski definition) is 11. The molecular weight excluding hydrogens is 320 g/mol. The van der Waals surface area contributed by atoms with Crippen LogP contribution in [0.25, 0.3) is 0 Å². The Bertz CT molecular complexity index is 378. The predicted octanol–water partition coefficient (Wildman–Crippen LogP) is -5.40. The third-order valence-corrected chi connectivity index (χ3v) is 3.98. The van der Waals surface area contributed by atoms with Crippen LogP contribution >= 0.6 is 0 Å². The second kappa shape index (κ2) is 7.63. The summed E-state index contributed by atoms with van der Waals surface area (Å²) in [5.41, 5.74) is 0. The van der Waals surface area contributed by atoms with Gasteiger partial charge in [-0.15, -0.1) is 0 Å². The molecule has 2 rings (SSSR count). The summed E-state index contributed by atoms with van der Waals surface area (Å²) in [5.74, 6) is 0. The molecule has 8 N–H and O–H groups in total. The molecular formula is C12H22O11. The quantitative estimate of drug-likeness (QED) is 0.243. The Kier molecular flexibility index (Phi) is 6.27. The van der Waals surface area contributed by atoms with Gasteiger partial charge in [-0.3, -0.25) is 0 Å². The van der Waals surface area contributed by atoms with Crippen molar-refractivity contribution in [2.75, 3.05) is 13.2 Å². The van der Waals surface area contributed by atoms with E-state index < -0.39 is 74.6 Å². The van der Waals surface area contributed by atoms with Gasteiger partial charge in [-0.25, -0.2) is 0 Å². The highest BCUT2D eigenvalue weighted by molar-refractivity contribution is 4.93. The first-order valence-electron chi connectivity index (χ1n) is 7.08. The van der Waals surface area contributed by atoms with Crippen molar-refractivity contribution >= 4 is 0 Å². The highest BCUT2D eigenvalue weighted by Gasteiger charge is 2.50. The molecule has 10 atom stereocenters. The van der Waals surface area contributed by atoms with Gasteiger partial charge in [0.15, 0.2) is 12.6 Å². The molecule has 2 heterocycles. The molecule has 0 bridgehead atoms. The Morgan fingerprint density at radius 2 is 1.26 bits per heavy atom. The van der Waals surface area contributed by atoms with Gasteiger partial charge < -0.3 is 55.1 Å². The summed E-state index contributed by atoms with van der Waals surface area (Å²) < 4.78 is 15.3. The van der Waals surface area contributed by atoms with Gasteiger partial charge in [0.1, 0.15) is 48.8 Å². The number of aliphatic hydroxyl groups excluding tert-OH is 8. The van der Waals surface area contributed by atoms with Crippen molar-refractivity contribution in [3.05, 3.63) is 0 Å². The number of hydrogen-bond donors (Lipinski definition) is 8. The Hall–Kier alpha value is -0.440. The second-order valence-corrected chi connectivity index (χ2v) is 5.53. The molecule has 0 aromatic rings. The molecule has 0 radical (unpaired) electrons. The van der Waals surface area contributed by atoms with Crippen LogP contribution in [0.5, 0.6) is 0 Å². The number of ether oxygens (including phenoxy) is 3. The van der Waals surface area contributed by atoms with E-state index in [1.165, 1.54) is 0 Å². The summed E-state index contributed by atoms with van der Waals surface area (Å²) in [4.78, 5) is 0. The Labute approximate surface area is 130 Å². The van der Waals surface area contributed by atoms with Crippen molar-refractivity contribution in [1.29, 1.82) is 0 Å². The monoisotopic (exact) mass is 342 g/mol. The zero-order chi connectivity index (χ0) is 17.3. The number of aliphatic hydroxyl groups is 8. The van der Waals surface area contributed by atoms with Crippen LogP contribution in [0, 0.1) is 0 Å². The van der Waals surface area contributed by atoms with Crippen molar-refractivity contribution in [2.45, 2.75) is 61.4 Å². The molecule has 0 amide bonds. The average molecular weight is 342 g/mol. The third kappa shape index (κ3) is 3.65. The van der Waals surface area contributed by atoms with Crippen molar-refractivity contribution in [3.63, 3.8) is 0 Å². The summed E-state index contributed by atoms with van der Waals surface area (Å²) in [7, 11) is 0. The van der Waals surface area contributed by atoms with Crippen LogP contribution in [0.15, 0.2) is 0 Å². The molecule has 0 aliphatic carbocycles. The summed E-state index contributed by atoms with van der Waals surface area (Å²) >= 11 is 0. The molecule has 23 heavy (non-hydrogen) atoms. The van der Waals surface area contributed by atoms with Gasteiger partial charge in [0.05, 0.1) is 13.2 Å². The molecule has 11 heteroatoms. The highest BCUT2D eigenvalue weighted by atomic mass is 16.7. The van der Waals surface area contributed by atoms with E-state index in [9.17, 15) is 35.7 Å². The molecule has 11 nitrogen and oxygen atoms in total. The van der Waals surface area contributed by atoms with Crippen molar-refractivity contribution in [3.8, 4) is 0 Å². The lowest BCUT2D eigenvalue weighted by Crippen LogP contribution is -2.64. The minimum absolute atomic E-state index is 0.667. The van der Waals surface area contributed by atoms with Gasteiger partial charge in [-0.05, 0) is 0 Å². The maximum absolute atomic E-state index is 9.94. The molecule has 0 aromatic heterocycles. The molecule has 0 saturated carbocycles. The minimum atomic E-state index is -1.74. The minimum Gasteiger partial charge on any atom is -0.394 e. The molecule has 0 spiro atoms. The van der Waals surface area contributed by atoms with E-state index in [1.54, 1.807) is 0 Å². The molecule has 2 fully saturated rings. The maximum atomic E-state index is 9.94. The summed E-state index contributed by atoms with van der Waals surface area (Å²) in [6.07, 6.45) is -15.6. The third-order valence-electron chi connectivity index (χ3n) is 3.98. The van der Waals surface area contributed by atoms with Gasteiger partial charge in [0, 0.05) is 0 Å². The van der Waals surface area contributed by atoms with E-state index in [0.29, 0.717) is 0 Å². The van der Waals surface area contributed by atoms with Crippen molar-refractivity contribution in [2.24, 2.45) is 0 Å². The van der Waals surface area contributed by atoms with Gasteiger partial charge >= 0.3 is 0 Å². The van der Waals surface area contributed by atoms with Crippen molar-refractivity contribution < 1.29 is 55.1 Å². The lowest BCUT2D eigenvalue weighted by molar-refractivity contribution is -0.355. The molecule has 0 aromatic carbocycles. The van der Waals surface area contributed by atoms with Gasteiger partial charge in [-0.1, -0.05) is 0 Å². The molecule has 0 unspecified atom stereocenters. The average Bonchev–Trinajstić information content (AvgIpc) is 2.55. The number of rotatable bonds is 4. The Balaban J connectivity index is 2.11. The Morgan fingerprint density at radius 1 is 0.652 bits per heavy atom. The molecule has 2 aliphatic rings. The van der Waals surface area contributed by atoms with Gasteiger partial charge in [0.25, 0.3) is 0 Å². The summed E-state index contributed by atoms with van der Waals surface area (Å²) in [6, 6.07) is 0. The molecule has 136 valence electrons. The second-order valence-electron chi connectivity index (χ2n) is 5.53. The Morgan fingerprint density at radius 3 is 1.83 bits per heavy atom. The zero-order valence-corrected chi connectivity index (χ0v) is 12.0. The van der Waals surface area contributed by atoms with Gasteiger partial charge in [0.2, 0.25) is 0 Å². The first-order valence-corrected chi connectivity index (χ1v) is 7.08.